The maximum absolute atomic E-state index is 6.13. The fourth-order valence-electron chi connectivity index (χ4n) is 3.39. The van der Waals surface area contributed by atoms with Crippen LogP contribution in [0.2, 0.25) is 0 Å². The van der Waals surface area contributed by atoms with Crippen LogP contribution in [0.4, 0.5) is 5.69 Å². The van der Waals surface area contributed by atoms with Crippen molar-refractivity contribution in [1.82, 2.24) is 9.88 Å². The van der Waals surface area contributed by atoms with E-state index in [9.17, 15) is 0 Å². The Labute approximate surface area is 175 Å². The molecular weight excluding hydrogens is 374 g/mol. The summed E-state index contributed by atoms with van der Waals surface area (Å²) in [6.07, 6.45) is 5.87. The molecule has 1 aromatic heterocycles. The van der Waals surface area contributed by atoms with Crippen molar-refractivity contribution >= 4 is 5.69 Å². The number of ether oxygens (including phenoxy) is 1. The first-order valence-electron chi connectivity index (χ1n) is 9.79. The van der Waals surface area contributed by atoms with E-state index in [2.05, 4.69) is 33.3 Å². The lowest BCUT2D eigenvalue weighted by Crippen LogP contribution is -2.21. The van der Waals surface area contributed by atoms with Gasteiger partial charge in [0.2, 0.25) is 5.89 Å². The summed E-state index contributed by atoms with van der Waals surface area (Å²) in [6.45, 7) is 0.826. The topological polar surface area (TPSA) is 41.7 Å². The van der Waals surface area contributed by atoms with Gasteiger partial charge in [0.1, 0.15) is 11.5 Å². The molecule has 0 N–H and O–H groups in total. The number of oxazole rings is 1. The van der Waals surface area contributed by atoms with Gasteiger partial charge in [-0.05, 0) is 30.3 Å². The van der Waals surface area contributed by atoms with Gasteiger partial charge in [0, 0.05) is 42.3 Å². The van der Waals surface area contributed by atoms with Gasteiger partial charge in [-0.25, -0.2) is 4.98 Å². The molecule has 0 bridgehead atoms. The van der Waals surface area contributed by atoms with Crippen molar-refractivity contribution in [3.05, 3.63) is 97.5 Å². The van der Waals surface area contributed by atoms with E-state index in [-0.39, 0.29) is 0 Å². The monoisotopic (exact) mass is 395 g/mol. The van der Waals surface area contributed by atoms with Gasteiger partial charge < -0.3 is 19.0 Å². The van der Waals surface area contributed by atoms with Gasteiger partial charge in [0.25, 0.3) is 0 Å². The highest BCUT2D eigenvalue weighted by Crippen LogP contribution is 2.31. The molecule has 1 aliphatic rings. The third-order valence-corrected chi connectivity index (χ3v) is 4.91. The van der Waals surface area contributed by atoms with Crippen LogP contribution in [0.3, 0.4) is 0 Å². The number of nitrogens with zero attached hydrogens (tertiary/aromatic N) is 3. The average molecular weight is 395 g/mol. The molecular formula is C25H21N3O2. The van der Waals surface area contributed by atoms with Gasteiger partial charge in [-0.1, -0.05) is 42.5 Å². The molecule has 5 rings (SSSR count). The third-order valence-electron chi connectivity index (χ3n) is 4.91. The Morgan fingerprint density at radius 2 is 1.60 bits per heavy atom. The fraction of sp³-hybridized carbons (Fsp3) is 0.0800. The van der Waals surface area contributed by atoms with Crippen LogP contribution in [-0.2, 0) is 0 Å². The summed E-state index contributed by atoms with van der Waals surface area (Å²) in [5.74, 6) is 2.83. The van der Waals surface area contributed by atoms with Crippen LogP contribution in [0.5, 0.6) is 11.5 Å². The van der Waals surface area contributed by atoms with Crippen molar-refractivity contribution in [2.75, 3.05) is 18.6 Å². The van der Waals surface area contributed by atoms with Gasteiger partial charge in [0.15, 0.2) is 5.76 Å². The van der Waals surface area contributed by atoms with Gasteiger partial charge in [-0.2, -0.15) is 0 Å². The van der Waals surface area contributed by atoms with Crippen LogP contribution in [-0.4, -0.2) is 23.6 Å². The zero-order valence-electron chi connectivity index (χ0n) is 16.6. The summed E-state index contributed by atoms with van der Waals surface area (Å²) in [6, 6.07) is 25.8. The van der Waals surface area contributed by atoms with E-state index in [1.165, 1.54) is 0 Å². The number of hydrogen-bond acceptors (Lipinski definition) is 5. The molecule has 0 saturated carbocycles. The quantitative estimate of drug-likeness (QED) is 0.416. The molecule has 0 amide bonds. The zero-order valence-corrected chi connectivity index (χ0v) is 16.6. The van der Waals surface area contributed by atoms with E-state index >= 15 is 0 Å². The zero-order chi connectivity index (χ0) is 20.3. The molecule has 0 atom stereocenters. The SMILES string of the molecule is CN1C=CN(c2cccc(Oc3cccc(-c4ncc(-c5ccccc5)o4)c3)c2)C1. The molecule has 0 fully saturated rings. The van der Waals surface area contributed by atoms with Crippen LogP contribution in [0.1, 0.15) is 0 Å². The number of benzene rings is 3. The largest absolute Gasteiger partial charge is 0.457 e. The summed E-state index contributed by atoms with van der Waals surface area (Å²) in [5.41, 5.74) is 2.96. The predicted octanol–water partition coefficient (Wildman–Crippen LogP) is 5.98. The van der Waals surface area contributed by atoms with Crippen LogP contribution in [0, 0.1) is 0 Å². The Bertz CT molecular complexity index is 1180. The Hall–Kier alpha value is -3.99. The lowest BCUT2D eigenvalue weighted by molar-refractivity contribution is 0.480. The van der Waals surface area contributed by atoms with Crippen LogP contribution in [0.25, 0.3) is 22.8 Å². The predicted molar refractivity (Wildman–Crippen MR) is 118 cm³/mol. The first kappa shape index (κ1) is 18.1. The minimum absolute atomic E-state index is 0.568. The number of rotatable bonds is 5. The Morgan fingerprint density at radius 3 is 2.40 bits per heavy atom. The molecule has 0 saturated heterocycles. The van der Waals surface area contributed by atoms with Crippen molar-refractivity contribution in [3.63, 3.8) is 0 Å². The summed E-state index contributed by atoms with van der Waals surface area (Å²) < 4.78 is 12.1. The van der Waals surface area contributed by atoms with Crippen LogP contribution in [0.15, 0.2) is 102 Å². The first-order valence-corrected chi connectivity index (χ1v) is 9.79. The second-order valence-electron chi connectivity index (χ2n) is 7.19. The highest BCUT2D eigenvalue weighted by molar-refractivity contribution is 5.62. The van der Waals surface area contributed by atoms with Crippen LogP contribution >= 0.6 is 0 Å². The van der Waals surface area contributed by atoms with Gasteiger partial charge in [0.05, 0.1) is 12.9 Å². The summed E-state index contributed by atoms with van der Waals surface area (Å²) >= 11 is 0. The number of hydrogen-bond donors (Lipinski definition) is 0. The van der Waals surface area contributed by atoms with E-state index in [0.717, 1.165) is 40.7 Å². The maximum atomic E-state index is 6.13. The molecule has 0 aliphatic carbocycles. The Kier molecular flexibility index (Phi) is 4.69. The molecule has 4 aromatic rings. The van der Waals surface area contributed by atoms with Gasteiger partial charge >= 0.3 is 0 Å². The highest BCUT2D eigenvalue weighted by atomic mass is 16.5. The normalized spacial score (nSPS) is 13.1. The van der Waals surface area contributed by atoms with Crippen molar-refractivity contribution < 1.29 is 9.15 Å². The minimum atomic E-state index is 0.568. The standard InChI is InChI=1S/C25H21N3O2/c1-27-13-14-28(18-27)21-10-6-12-23(16-21)29-22-11-5-9-20(15-22)25-26-17-24(30-25)19-7-3-2-4-8-19/h2-17H,18H2,1H3. The lowest BCUT2D eigenvalue weighted by atomic mass is 10.2. The van der Waals surface area contributed by atoms with Crippen molar-refractivity contribution in [1.29, 1.82) is 0 Å². The van der Waals surface area contributed by atoms with Crippen molar-refractivity contribution in [2.24, 2.45) is 0 Å². The smallest absolute Gasteiger partial charge is 0.226 e. The molecule has 30 heavy (non-hydrogen) atoms. The van der Waals surface area contributed by atoms with Gasteiger partial charge in [-0.15, -0.1) is 0 Å². The van der Waals surface area contributed by atoms with E-state index in [0.29, 0.717) is 5.89 Å². The first-order chi connectivity index (χ1) is 14.7. The van der Waals surface area contributed by atoms with E-state index in [1.807, 2.05) is 79.8 Å². The van der Waals surface area contributed by atoms with E-state index in [1.54, 1.807) is 6.20 Å². The van der Waals surface area contributed by atoms with Crippen molar-refractivity contribution in [2.45, 2.75) is 0 Å². The molecule has 0 unspecified atom stereocenters. The molecule has 0 spiro atoms. The average Bonchev–Trinajstić information content (AvgIpc) is 3.44. The second kappa shape index (κ2) is 7.79. The lowest BCUT2D eigenvalue weighted by Gasteiger charge is -2.19. The summed E-state index contributed by atoms with van der Waals surface area (Å²) in [4.78, 5) is 8.73. The summed E-state index contributed by atoms with van der Waals surface area (Å²) in [5, 5.41) is 0. The third kappa shape index (κ3) is 3.78. The number of anilines is 1. The van der Waals surface area contributed by atoms with Gasteiger partial charge in [-0.3, -0.25) is 0 Å². The maximum Gasteiger partial charge on any atom is 0.226 e. The Balaban J connectivity index is 1.36. The molecule has 1 aliphatic heterocycles. The van der Waals surface area contributed by atoms with E-state index in [4.69, 9.17) is 9.15 Å². The molecule has 3 aromatic carbocycles. The molecule has 5 nitrogen and oxygen atoms in total. The minimum Gasteiger partial charge on any atom is -0.457 e. The molecule has 0 radical (unpaired) electrons. The van der Waals surface area contributed by atoms with E-state index < -0.39 is 0 Å². The Morgan fingerprint density at radius 1 is 0.833 bits per heavy atom. The highest BCUT2D eigenvalue weighted by Gasteiger charge is 2.12. The molecule has 148 valence electrons. The molecule has 5 heteroatoms. The second-order valence-corrected chi connectivity index (χ2v) is 7.19. The molecule has 2 heterocycles. The summed E-state index contributed by atoms with van der Waals surface area (Å²) in [7, 11) is 2.05. The fourth-order valence-corrected chi connectivity index (χ4v) is 3.39. The van der Waals surface area contributed by atoms with Crippen LogP contribution < -0.4 is 9.64 Å². The number of aromatic nitrogens is 1. The van der Waals surface area contributed by atoms with Crippen molar-refractivity contribution in [3.8, 4) is 34.3 Å².